The molecule has 0 bridgehead atoms. The molecule has 0 radical (unpaired) electrons. The van der Waals surface area contributed by atoms with Gasteiger partial charge in [-0.05, 0) is 49.4 Å². The Morgan fingerprint density at radius 2 is 1.95 bits per heavy atom. The number of anilines is 1. The Balaban J connectivity index is 2.19. The van der Waals surface area contributed by atoms with E-state index in [0.29, 0.717) is 16.5 Å². The normalized spacial score (nSPS) is 24.3. The van der Waals surface area contributed by atoms with E-state index in [2.05, 4.69) is 11.6 Å². The molecule has 1 aromatic carbocycles. The summed E-state index contributed by atoms with van der Waals surface area (Å²) in [5, 5.41) is 0. The molecule has 1 saturated carbocycles. The fraction of sp³-hybridized carbons (Fsp3) is 0.571. The Hall–Kier alpha value is -1.07. The van der Waals surface area contributed by atoms with E-state index in [1.807, 2.05) is 6.92 Å². The maximum Gasteiger partial charge on any atom is 0.240 e. The van der Waals surface area contributed by atoms with Crippen molar-refractivity contribution in [1.82, 2.24) is 4.72 Å². The third-order valence-electron chi connectivity index (χ3n) is 3.97. The molecule has 0 aliphatic heterocycles. The highest BCUT2D eigenvalue weighted by Gasteiger charge is 2.26. The SMILES string of the molecule is Cc1cc(S(=O)(=O)NC2CCCCC2C)ccc1N. The molecule has 0 amide bonds. The van der Waals surface area contributed by atoms with E-state index in [1.54, 1.807) is 18.2 Å². The summed E-state index contributed by atoms with van der Waals surface area (Å²) in [5.74, 6) is 0.401. The second kappa shape index (κ2) is 5.51. The maximum absolute atomic E-state index is 12.4. The molecule has 1 aliphatic carbocycles. The molecule has 2 unspecified atom stereocenters. The largest absolute Gasteiger partial charge is 0.399 e. The van der Waals surface area contributed by atoms with Crippen LogP contribution >= 0.6 is 0 Å². The predicted octanol–water partition coefficient (Wildman–Crippen LogP) is 2.43. The summed E-state index contributed by atoms with van der Waals surface area (Å²) in [6.45, 7) is 3.93. The molecule has 0 saturated heterocycles. The second-order valence-electron chi connectivity index (χ2n) is 5.51. The first kappa shape index (κ1) is 14.3. The highest BCUT2D eigenvalue weighted by atomic mass is 32.2. The van der Waals surface area contributed by atoms with Crippen molar-refractivity contribution in [2.24, 2.45) is 5.92 Å². The molecule has 1 fully saturated rings. The number of hydrogen-bond acceptors (Lipinski definition) is 3. The second-order valence-corrected chi connectivity index (χ2v) is 7.22. The monoisotopic (exact) mass is 282 g/mol. The van der Waals surface area contributed by atoms with Gasteiger partial charge in [-0.25, -0.2) is 13.1 Å². The number of nitrogens with one attached hydrogen (secondary N) is 1. The van der Waals surface area contributed by atoms with Gasteiger partial charge in [0.25, 0.3) is 0 Å². The molecule has 2 rings (SSSR count). The predicted molar refractivity (Wildman–Crippen MR) is 77.3 cm³/mol. The molecular formula is C14H22N2O2S. The van der Waals surface area contributed by atoms with Crippen LogP contribution in [0.15, 0.2) is 23.1 Å². The number of benzene rings is 1. The standard InChI is InChI=1S/C14H22N2O2S/c1-10-5-3-4-6-14(10)16-19(17,18)12-7-8-13(15)11(2)9-12/h7-10,14,16H,3-6,15H2,1-2H3. The van der Waals surface area contributed by atoms with Crippen molar-refractivity contribution >= 4 is 15.7 Å². The first-order valence-electron chi connectivity index (χ1n) is 6.78. The van der Waals surface area contributed by atoms with Gasteiger partial charge in [0.1, 0.15) is 0 Å². The van der Waals surface area contributed by atoms with Crippen LogP contribution < -0.4 is 10.5 Å². The van der Waals surface area contributed by atoms with E-state index in [9.17, 15) is 8.42 Å². The zero-order valence-corrected chi connectivity index (χ0v) is 12.3. The summed E-state index contributed by atoms with van der Waals surface area (Å²) >= 11 is 0. The summed E-state index contributed by atoms with van der Waals surface area (Å²) in [6, 6.07) is 4.90. The van der Waals surface area contributed by atoms with Crippen molar-refractivity contribution in [2.45, 2.75) is 50.5 Å². The van der Waals surface area contributed by atoms with Gasteiger partial charge in [-0.1, -0.05) is 19.8 Å². The summed E-state index contributed by atoms with van der Waals surface area (Å²) in [7, 11) is -3.44. The molecular weight excluding hydrogens is 260 g/mol. The average Bonchev–Trinajstić information content (AvgIpc) is 2.35. The van der Waals surface area contributed by atoms with E-state index in [1.165, 1.54) is 6.42 Å². The highest BCUT2D eigenvalue weighted by molar-refractivity contribution is 7.89. The van der Waals surface area contributed by atoms with E-state index in [4.69, 9.17) is 5.73 Å². The van der Waals surface area contributed by atoms with Crippen LogP contribution in [0, 0.1) is 12.8 Å². The van der Waals surface area contributed by atoms with Crippen LogP contribution in [0.5, 0.6) is 0 Å². The molecule has 4 nitrogen and oxygen atoms in total. The minimum atomic E-state index is -3.44. The minimum Gasteiger partial charge on any atom is -0.399 e. The number of hydrogen-bond donors (Lipinski definition) is 2. The number of aryl methyl sites for hydroxylation is 1. The summed E-state index contributed by atoms with van der Waals surface area (Å²) in [6.07, 6.45) is 4.31. The first-order chi connectivity index (χ1) is 8.90. The number of rotatable bonds is 3. The van der Waals surface area contributed by atoms with E-state index in [0.717, 1.165) is 24.8 Å². The van der Waals surface area contributed by atoms with Crippen molar-refractivity contribution in [3.8, 4) is 0 Å². The molecule has 5 heteroatoms. The summed E-state index contributed by atoms with van der Waals surface area (Å²) in [5.41, 5.74) is 7.13. The molecule has 2 atom stereocenters. The topological polar surface area (TPSA) is 72.2 Å². The van der Waals surface area contributed by atoms with Crippen LogP contribution in [0.1, 0.15) is 38.2 Å². The molecule has 3 N–H and O–H groups in total. The van der Waals surface area contributed by atoms with Gasteiger partial charge in [0.05, 0.1) is 4.90 Å². The Bertz CT molecular complexity index is 555. The Kier molecular flexibility index (Phi) is 4.16. The molecule has 106 valence electrons. The number of sulfonamides is 1. The number of nitrogens with two attached hydrogens (primary N) is 1. The van der Waals surface area contributed by atoms with Crippen molar-refractivity contribution in [2.75, 3.05) is 5.73 Å². The molecule has 0 heterocycles. The van der Waals surface area contributed by atoms with Crippen molar-refractivity contribution in [1.29, 1.82) is 0 Å². The lowest BCUT2D eigenvalue weighted by atomic mass is 9.87. The summed E-state index contributed by atoms with van der Waals surface area (Å²) in [4.78, 5) is 0.303. The lowest BCUT2D eigenvalue weighted by Gasteiger charge is -2.29. The third-order valence-corrected chi connectivity index (χ3v) is 5.46. The smallest absolute Gasteiger partial charge is 0.240 e. The van der Waals surface area contributed by atoms with Gasteiger partial charge in [0.2, 0.25) is 10.0 Å². The summed E-state index contributed by atoms with van der Waals surface area (Å²) < 4.78 is 27.6. The first-order valence-corrected chi connectivity index (χ1v) is 8.27. The van der Waals surface area contributed by atoms with Gasteiger partial charge < -0.3 is 5.73 Å². The van der Waals surface area contributed by atoms with Crippen molar-refractivity contribution in [3.05, 3.63) is 23.8 Å². The Morgan fingerprint density at radius 1 is 1.26 bits per heavy atom. The lowest BCUT2D eigenvalue weighted by Crippen LogP contribution is -2.40. The quantitative estimate of drug-likeness (QED) is 0.836. The van der Waals surface area contributed by atoms with Crippen LogP contribution in [-0.2, 0) is 10.0 Å². The van der Waals surface area contributed by atoms with Gasteiger partial charge in [0, 0.05) is 11.7 Å². The molecule has 19 heavy (non-hydrogen) atoms. The van der Waals surface area contributed by atoms with Crippen LogP contribution in [0.4, 0.5) is 5.69 Å². The van der Waals surface area contributed by atoms with Gasteiger partial charge in [-0.2, -0.15) is 0 Å². The van der Waals surface area contributed by atoms with Crippen molar-refractivity contribution in [3.63, 3.8) is 0 Å². The fourth-order valence-electron chi connectivity index (χ4n) is 2.57. The zero-order valence-electron chi connectivity index (χ0n) is 11.5. The van der Waals surface area contributed by atoms with Crippen molar-refractivity contribution < 1.29 is 8.42 Å². The van der Waals surface area contributed by atoms with E-state index >= 15 is 0 Å². The van der Waals surface area contributed by atoms with Gasteiger partial charge >= 0.3 is 0 Å². The van der Waals surface area contributed by atoms with Gasteiger partial charge in [0.15, 0.2) is 0 Å². The Morgan fingerprint density at radius 3 is 2.58 bits per heavy atom. The lowest BCUT2D eigenvalue weighted by molar-refractivity contribution is 0.310. The molecule has 1 aromatic rings. The minimum absolute atomic E-state index is 0.0524. The van der Waals surface area contributed by atoms with E-state index < -0.39 is 10.0 Å². The molecule has 1 aliphatic rings. The highest BCUT2D eigenvalue weighted by Crippen LogP contribution is 2.25. The fourth-order valence-corrected chi connectivity index (χ4v) is 4.04. The molecule has 0 spiro atoms. The van der Waals surface area contributed by atoms with Crippen LogP contribution in [0.25, 0.3) is 0 Å². The van der Waals surface area contributed by atoms with Crippen LogP contribution in [0.2, 0.25) is 0 Å². The average molecular weight is 282 g/mol. The van der Waals surface area contributed by atoms with Gasteiger partial charge in [-0.3, -0.25) is 0 Å². The van der Waals surface area contributed by atoms with E-state index in [-0.39, 0.29) is 6.04 Å². The maximum atomic E-state index is 12.4. The molecule has 0 aromatic heterocycles. The third kappa shape index (κ3) is 3.28. The van der Waals surface area contributed by atoms with Crippen LogP contribution in [-0.4, -0.2) is 14.5 Å². The number of nitrogen functional groups attached to an aromatic ring is 1. The van der Waals surface area contributed by atoms with Crippen LogP contribution in [0.3, 0.4) is 0 Å². The van der Waals surface area contributed by atoms with Gasteiger partial charge in [-0.15, -0.1) is 0 Å². The Labute approximate surface area is 115 Å². The zero-order chi connectivity index (χ0) is 14.0.